The first-order valence-electron chi connectivity index (χ1n) is 16.6. The van der Waals surface area contributed by atoms with Crippen molar-refractivity contribution in [2.24, 2.45) is 5.92 Å². The zero-order chi connectivity index (χ0) is 27.4. The van der Waals surface area contributed by atoms with Crippen LogP contribution in [0.3, 0.4) is 0 Å². The number of rotatable bonds is 8. The number of aliphatic hydroxyl groups is 1. The number of nitrogens with zero attached hydrogens (tertiary/aromatic N) is 1. The average molecular weight is 542 g/mol. The molecule has 3 N–H and O–H groups in total. The highest BCUT2D eigenvalue weighted by Gasteiger charge is 2.37. The highest BCUT2D eigenvalue weighted by atomic mass is 16.7. The summed E-state index contributed by atoms with van der Waals surface area (Å²) in [6, 6.07) is 0.316. The third-order valence-electron chi connectivity index (χ3n) is 10.3. The smallest absolute Gasteiger partial charge is 0.253 e. The van der Waals surface area contributed by atoms with Gasteiger partial charge in [-0.2, -0.15) is 5.48 Å². The fraction of sp³-hybridized carbons (Fsp3) is 0.848. The van der Waals surface area contributed by atoms with Crippen LogP contribution < -0.4 is 10.8 Å². The summed E-state index contributed by atoms with van der Waals surface area (Å²) < 4.78 is 2.61. The molecule has 0 aromatic carbocycles. The summed E-state index contributed by atoms with van der Waals surface area (Å²) in [7, 11) is 0. The number of aromatic nitrogens is 1. The molecule has 3 saturated carbocycles. The van der Waals surface area contributed by atoms with Gasteiger partial charge in [-0.25, -0.2) is 0 Å². The molecule has 3 aliphatic carbocycles. The number of hydrogen-bond acceptors (Lipinski definition) is 4. The van der Waals surface area contributed by atoms with Crippen LogP contribution in [-0.2, 0) is 11.4 Å². The molecule has 0 radical (unpaired) electrons. The molecule has 1 amide bonds. The van der Waals surface area contributed by atoms with E-state index < -0.39 is 0 Å². The molecule has 6 heteroatoms. The van der Waals surface area contributed by atoms with Gasteiger partial charge in [0, 0.05) is 36.9 Å². The van der Waals surface area contributed by atoms with E-state index in [4.69, 9.17) is 4.84 Å². The summed E-state index contributed by atoms with van der Waals surface area (Å²) in [5.74, 6) is 2.29. The summed E-state index contributed by atoms with van der Waals surface area (Å²) in [5.41, 5.74) is 8.16. The van der Waals surface area contributed by atoms with Crippen LogP contribution in [0, 0.1) is 5.92 Å². The Morgan fingerprint density at radius 2 is 1.64 bits per heavy atom. The van der Waals surface area contributed by atoms with Crippen LogP contribution in [0.25, 0.3) is 0 Å². The fourth-order valence-electron chi connectivity index (χ4n) is 8.19. The number of aliphatic hydroxyl groups excluding tert-OH is 1. The molecule has 5 rings (SSSR count). The van der Waals surface area contributed by atoms with Gasteiger partial charge in [0.2, 0.25) is 0 Å². The van der Waals surface area contributed by atoms with Gasteiger partial charge in [-0.05, 0) is 74.2 Å². The second-order valence-corrected chi connectivity index (χ2v) is 13.7. The maximum Gasteiger partial charge on any atom is 0.253 e. The standard InChI is InChI=1S/C33H55N3O3/c1-22(2)31-30(33(38)35-26-12-8-5-9-13-26)29(24-10-6-4-7-11-24)32(25-16-14-23(3)15-17-25)36(31)19-18-28-20-27(37)21-34-39-28/h22-28,34,37H,4-21H2,1-3H3,(H,35,38)/t23?,25?,27-,28?/m1/s1. The van der Waals surface area contributed by atoms with Gasteiger partial charge >= 0.3 is 0 Å². The van der Waals surface area contributed by atoms with E-state index in [-0.39, 0.29) is 24.0 Å². The molecule has 1 saturated heterocycles. The van der Waals surface area contributed by atoms with Crippen molar-refractivity contribution in [3.63, 3.8) is 0 Å². The Hall–Kier alpha value is -1.37. The molecule has 2 heterocycles. The second-order valence-electron chi connectivity index (χ2n) is 13.7. The Kier molecular flexibility index (Phi) is 10.1. The van der Waals surface area contributed by atoms with Gasteiger partial charge in [-0.1, -0.05) is 72.1 Å². The monoisotopic (exact) mass is 541 g/mol. The fourth-order valence-corrected chi connectivity index (χ4v) is 8.19. The predicted molar refractivity (Wildman–Crippen MR) is 157 cm³/mol. The van der Waals surface area contributed by atoms with E-state index in [9.17, 15) is 9.90 Å². The third-order valence-corrected chi connectivity index (χ3v) is 10.3. The van der Waals surface area contributed by atoms with E-state index >= 15 is 0 Å². The van der Waals surface area contributed by atoms with Crippen molar-refractivity contribution < 1.29 is 14.7 Å². The van der Waals surface area contributed by atoms with Gasteiger partial charge in [0.15, 0.2) is 0 Å². The minimum absolute atomic E-state index is 0.00645. The Morgan fingerprint density at radius 3 is 2.28 bits per heavy atom. The van der Waals surface area contributed by atoms with E-state index in [0.717, 1.165) is 37.3 Å². The summed E-state index contributed by atoms with van der Waals surface area (Å²) >= 11 is 0. The Labute approximate surface area is 237 Å². The Balaban J connectivity index is 1.57. The van der Waals surface area contributed by atoms with Gasteiger partial charge in [-0.15, -0.1) is 0 Å². The molecule has 1 aromatic heterocycles. The normalized spacial score (nSPS) is 29.6. The summed E-state index contributed by atoms with van der Waals surface area (Å²) in [4.78, 5) is 20.2. The first kappa shape index (κ1) is 29.1. The second kappa shape index (κ2) is 13.5. The molecule has 1 unspecified atom stereocenters. The first-order valence-corrected chi connectivity index (χ1v) is 16.6. The van der Waals surface area contributed by atoms with Crippen LogP contribution in [0.4, 0.5) is 0 Å². The number of hydrogen-bond donors (Lipinski definition) is 3. The van der Waals surface area contributed by atoms with Crippen LogP contribution in [0.2, 0.25) is 0 Å². The van der Waals surface area contributed by atoms with E-state index in [2.05, 4.69) is 36.1 Å². The quantitative estimate of drug-likeness (QED) is 0.329. The average Bonchev–Trinajstić information content (AvgIpc) is 3.29. The van der Waals surface area contributed by atoms with Gasteiger partial charge in [0.05, 0.1) is 17.8 Å². The maximum absolute atomic E-state index is 14.4. The Bertz CT molecular complexity index is 936. The lowest BCUT2D eigenvalue weighted by Crippen LogP contribution is -2.40. The van der Waals surface area contributed by atoms with E-state index in [0.29, 0.717) is 30.8 Å². The topological polar surface area (TPSA) is 75.5 Å². The minimum atomic E-state index is -0.355. The van der Waals surface area contributed by atoms with E-state index in [1.807, 2.05) is 0 Å². The molecular formula is C33H55N3O3. The zero-order valence-electron chi connectivity index (χ0n) is 25.0. The van der Waals surface area contributed by atoms with Crippen LogP contribution in [0.1, 0.15) is 169 Å². The number of carbonyl (C=O) groups excluding carboxylic acids is 1. The maximum atomic E-state index is 14.4. The van der Waals surface area contributed by atoms with Crippen molar-refractivity contribution in [3.05, 3.63) is 22.5 Å². The van der Waals surface area contributed by atoms with E-state index in [1.54, 1.807) is 0 Å². The van der Waals surface area contributed by atoms with Crippen molar-refractivity contribution in [1.29, 1.82) is 0 Å². The van der Waals surface area contributed by atoms with Crippen molar-refractivity contribution in [1.82, 2.24) is 15.4 Å². The summed E-state index contributed by atoms with van der Waals surface area (Å²) in [5, 5.41) is 13.8. The van der Waals surface area contributed by atoms with Crippen molar-refractivity contribution in [2.75, 3.05) is 6.54 Å². The lowest BCUT2D eigenvalue weighted by molar-refractivity contribution is -0.101. The van der Waals surface area contributed by atoms with Crippen LogP contribution in [-0.4, -0.2) is 40.4 Å². The van der Waals surface area contributed by atoms with Crippen molar-refractivity contribution >= 4 is 5.91 Å². The highest BCUT2D eigenvalue weighted by Crippen LogP contribution is 2.47. The molecule has 2 atom stereocenters. The van der Waals surface area contributed by atoms with Gasteiger partial charge in [0.25, 0.3) is 5.91 Å². The molecule has 4 fully saturated rings. The number of nitrogens with one attached hydrogen (secondary N) is 2. The molecule has 39 heavy (non-hydrogen) atoms. The molecule has 0 bridgehead atoms. The van der Waals surface area contributed by atoms with Crippen LogP contribution >= 0.6 is 0 Å². The Morgan fingerprint density at radius 1 is 0.974 bits per heavy atom. The molecule has 1 aliphatic heterocycles. The SMILES string of the molecule is CC1CCC(c2c(C3CCCCC3)c(C(=O)NC3CCCCC3)c(C(C)C)n2CCC2C[C@@H](O)CNO2)CC1. The molecule has 0 spiro atoms. The summed E-state index contributed by atoms with van der Waals surface area (Å²) in [6.45, 7) is 8.31. The first-order chi connectivity index (χ1) is 18.9. The highest BCUT2D eigenvalue weighted by molar-refractivity contribution is 5.98. The predicted octanol–water partition coefficient (Wildman–Crippen LogP) is 7.06. The van der Waals surface area contributed by atoms with Crippen molar-refractivity contribution in [2.45, 2.75) is 166 Å². The number of hydroxylamine groups is 1. The van der Waals surface area contributed by atoms with Gasteiger partial charge in [-0.3, -0.25) is 9.63 Å². The molecule has 6 nitrogen and oxygen atoms in total. The van der Waals surface area contributed by atoms with Gasteiger partial charge in [0.1, 0.15) is 0 Å². The molecular weight excluding hydrogens is 486 g/mol. The molecule has 1 aromatic rings. The third kappa shape index (κ3) is 6.93. The molecule has 220 valence electrons. The van der Waals surface area contributed by atoms with E-state index in [1.165, 1.54) is 94.0 Å². The zero-order valence-corrected chi connectivity index (χ0v) is 25.0. The van der Waals surface area contributed by atoms with Crippen molar-refractivity contribution in [3.8, 4) is 0 Å². The van der Waals surface area contributed by atoms with Gasteiger partial charge < -0.3 is 15.0 Å². The number of β-amino-alcohol motifs (C(OH)–C–C–N with tert-alkyl or cyclic N) is 1. The lowest BCUT2D eigenvalue weighted by Gasteiger charge is -2.32. The largest absolute Gasteiger partial charge is 0.392 e. The summed E-state index contributed by atoms with van der Waals surface area (Å²) in [6.07, 6.45) is 18.5. The van der Waals surface area contributed by atoms with Crippen LogP contribution in [0.15, 0.2) is 0 Å². The minimum Gasteiger partial charge on any atom is -0.392 e. The number of amides is 1. The van der Waals surface area contributed by atoms with Crippen LogP contribution in [0.5, 0.6) is 0 Å². The lowest BCUT2D eigenvalue weighted by atomic mass is 9.75. The number of carbonyl (C=O) groups is 1. The molecule has 4 aliphatic rings.